The molecule has 0 radical (unpaired) electrons. The Labute approximate surface area is 135 Å². The normalized spacial score (nSPS) is 18.2. The molecule has 3 heterocycles. The topological polar surface area (TPSA) is 71.1 Å². The maximum atomic E-state index is 12.4. The van der Waals surface area contributed by atoms with Gasteiger partial charge in [0.1, 0.15) is 11.4 Å². The van der Waals surface area contributed by atoms with Gasteiger partial charge in [-0.2, -0.15) is 0 Å². The molecular weight excluding hydrogens is 292 g/mol. The van der Waals surface area contributed by atoms with Crippen molar-refractivity contribution in [2.75, 3.05) is 6.54 Å². The van der Waals surface area contributed by atoms with Crippen LogP contribution >= 0.6 is 0 Å². The fourth-order valence-corrected chi connectivity index (χ4v) is 2.76. The highest BCUT2D eigenvalue weighted by Gasteiger charge is 2.34. The maximum Gasteiger partial charge on any atom is 0.410 e. The Balaban J connectivity index is 1.78. The summed E-state index contributed by atoms with van der Waals surface area (Å²) in [7, 11) is 0. The van der Waals surface area contributed by atoms with E-state index in [0.29, 0.717) is 6.54 Å². The molecule has 1 aliphatic heterocycles. The summed E-state index contributed by atoms with van der Waals surface area (Å²) >= 11 is 0. The number of aromatic nitrogens is 3. The van der Waals surface area contributed by atoms with Crippen molar-refractivity contribution in [2.45, 2.75) is 45.3 Å². The summed E-state index contributed by atoms with van der Waals surface area (Å²) in [6.07, 6.45) is 6.88. The van der Waals surface area contributed by atoms with E-state index in [-0.39, 0.29) is 12.1 Å². The zero-order chi connectivity index (χ0) is 16.4. The third kappa shape index (κ3) is 3.52. The van der Waals surface area contributed by atoms with Crippen molar-refractivity contribution in [1.29, 1.82) is 0 Å². The van der Waals surface area contributed by atoms with E-state index in [1.807, 2.05) is 32.9 Å². The minimum atomic E-state index is -0.492. The third-order valence-corrected chi connectivity index (χ3v) is 3.76. The molecule has 3 rings (SSSR count). The van der Waals surface area contributed by atoms with E-state index in [0.717, 1.165) is 29.9 Å². The summed E-state index contributed by atoms with van der Waals surface area (Å²) in [5.74, 6) is 0.798. The van der Waals surface area contributed by atoms with Gasteiger partial charge in [-0.25, -0.2) is 9.78 Å². The Morgan fingerprint density at radius 1 is 1.39 bits per heavy atom. The van der Waals surface area contributed by atoms with Gasteiger partial charge in [0.15, 0.2) is 0 Å². The van der Waals surface area contributed by atoms with Crippen LogP contribution in [0.15, 0.2) is 30.7 Å². The number of nitrogens with one attached hydrogen (secondary N) is 1. The fourth-order valence-electron chi connectivity index (χ4n) is 2.76. The largest absolute Gasteiger partial charge is 0.444 e. The highest BCUT2D eigenvalue weighted by molar-refractivity contribution is 5.69. The molecule has 1 fully saturated rings. The van der Waals surface area contributed by atoms with Crippen LogP contribution in [-0.4, -0.2) is 38.1 Å². The summed E-state index contributed by atoms with van der Waals surface area (Å²) < 4.78 is 5.50. The second-order valence-corrected chi connectivity index (χ2v) is 6.76. The van der Waals surface area contributed by atoms with Crippen LogP contribution in [0, 0.1) is 0 Å². The molecule has 2 aromatic heterocycles. The number of amides is 1. The minimum absolute atomic E-state index is 0.0599. The molecule has 1 saturated heterocycles. The molecule has 1 aliphatic rings. The number of H-pyrrole nitrogens is 1. The Kier molecular flexibility index (Phi) is 4.07. The number of nitrogens with zero attached hydrogens (tertiary/aromatic N) is 3. The van der Waals surface area contributed by atoms with Crippen molar-refractivity contribution in [2.24, 2.45) is 0 Å². The first-order valence-corrected chi connectivity index (χ1v) is 7.89. The number of likely N-dealkylation sites (tertiary alicyclic amines) is 1. The maximum absolute atomic E-state index is 12.4. The zero-order valence-corrected chi connectivity index (χ0v) is 13.7. The third-order valence-electron chi connectivity index (χ3n) is 3.76. The lowest BCUT2D eigenvalue weighted by Crippen LogP contribution is -2.36. The molecule has 0 bridgehead atoms. The van der Waals surface area contributed by atoms with E-state index in [1.54, 1.807) is 23.5 Å². The smallest absolute Gasteiger partial charge is 0.410 e. The van der Waals surface area contributed by atoms with Crippen molar-refractivity contribution in [1.82, 2.24) is 19.9 Å². The van der Waals surface area contributed by atoms with Crippen LogP contribution in [0.1, 0.15) is 45.5 Å². The molecule has 122 valence electrons. The number of carbonyl (C=O) groups is 1. The molecule has 1 unspecified atom stereocenters. The van der Waals surface area contributed by atoms with E-state index in [9.17, 15) is 4.79 Å². The van der Waals surface area contributed by atoms with E-state index in [1.165, 1.54) is 0 Å². The molecule has 1 amide bonds. The van der Waals surface area contributed by atoms with Crippen LogP contribution in [0.25, 0.3) is 11.3 Å². The second-order valence-electron chi connectivity index (χ2n) is 6.76. The van der Waals surface area contributed by atoms with Gasteiger partial charge in [-0.3, -0.25) is 9.88 Å². The summed E-state index contributed by atoms with van der Waals surface area (Å²) in [6, 6.07) is 3.80. The summed E-state index contributed by atoms with van der Waals surface area (Å²) in [5, 5.41) is 0. The van der Waals surface area contributed by atoms with Crippen molar-refractivity contribution < 1.29 is 9.53 Å². The fraction of sp³-hybridized carbons (Fsp3) is 0.471. The lowest BCUT2D eigenvalue weighted by molar-refractivity contribution is 0.0219. The number of ether oxygens (including phenoxy) is 1. The van der Waals surface area contributed by atoms with Gasteiger partial charge in [0.05, 0.1) is 17.9 Å². The van der Waals surface area contributed by atoms with Crippen molar-refractivity contribution in [3.8, 4) is 11.3 Å². The highest BCUT2D eigenvalue weighted by Crippen LogP contribution is 2.32. The lowest BCUT2D eigenvalue weighted by atomic mass is 10.2. The molecule has 23 heavy (non-hydrogen) atoms. The van der Waals surface area contributed by atoms with E-state index in [2.05, 4.69) is 15.0 Å². The number of pyridine rings is 1. The number of carbonyl (C=O) groups excluding carboxylic acids is 1. The molecule has 0 saturated carbocycles. The Bertz CT molecular complexity index is 675. The van der Waals surface area contributed by atoms with Crippen LogP contribution in [0.2, 0.25) is 0 Å². The zero-order valence-electron chi connectivity index (χ0n) is 13.7. The molecule has 0 aliphatic carbocycles. The number of rotatable bonds is 2. The van der Waals surface area contributed by atoms with E-state index in [4.69, 9.17) is 4.74 Å². The summed E-state index contributed by atoms with van der Waals surface area (Å²) in [4.78, 5) is 26.0. The van der Waals surface area contributed by atoms with Crippen molar-refractivity contribution in [3.63, 3.8) is 0 Å². The monoisotopic (exact) mass is 314 g/mol. The first kappa shape index (κ1) is 15.5. The first-order chi connectivity index (χ1) is 10.9. The van der Waals surface area contributed by atoms with Gasteiger partial charge in [-0.15, -0.1) is 0 Å². The predicted molar refractivity (Wildman–Crippen MR) is 86.7 cm³/mol. The minimum Gasteiger partial charge on any atom is -0.444 e. The van der Waals surface area contributed by atoms with Crippen molar-refractivity contribution >= 4 is 6.09 Å². The van der Waals surface area contributed by atoms with Crippen LogP contribution < -0.4 is 0 Å². The summed E-state index contributed by atoms with van der Waals surface area (Å²) in [5.41, 5.74) is 1.39. The molecule has 1 atom stereocenters. The quantitative estimate of drug-likeness (QED) is 0.920. The molecular formula is C17H22N4O2. The number of hydrogen-bond donors (Lipinski definition) is 1. The highest BCUT2D eigenvalue weighted by atomic mass is 16.6. The standard InChI is InChI=1S/C17H22N4O2/c1-17(2,3)23-16(22)21-9-5-7-14(21)15-19-11-13(20-15)12-6-4-8-18-10-12/h4,6,8,10-11,14H,5,7,9H2,1-3H3,(H,19,20). The molecule has 0 aromatic carbocycles. The van der Waals surface area contributed by atoms with Crippen molar-refractivity contribution in [3.05, 3.63) is 36.5 Å². The number of aromatic amines is 1. The van der Waals surface area contributed by atoms with Gasteiger partial charge in [0, 0.05) is 24.5 Å². The van der Waals surface area contributed by atoms with E-state index < -0.39 is 5.60 Å². The van der Waals surface area contributed by atoms with Crippen LogP contribution in [0.3, 0.4) is 0 Å². The average Bonchev–Trinajstić information content (AvgIpc) is 3.15. The molecule has 0 spiro atoms. The average molecular weight is 314 g/mol. The van der Waals surface area contributed by atoms with Crippen LogP contribution in [0.4, 0.5) is 4.79 Å². The molecule has 1 N–H and O–H groups in total. The number of imidazole rings is 1. The lowest BCUT2D eigenvalue weighted by Gasteiger charge is -2.27. The predicted octanol–water partition coefficient (Wildman–Crippen LogP) is 3.54. The van der Waals surface area contributed by atoms with Gasteiger partial charge < -0.3 is 9.72 Å². The molecule has 6 nitrogen and oxygen atoms in total. The SMILES string of the molecule is CC(C)(C)OC(=O)N1CCCC1c1ncc(-c2cccnc2)[nH]1. The molecule has 2 aromatic rings. The number of hydrogen-bond acceptors (Lipinski definition) is 4. The first-order valence-electron chi connectivity index (χ1n) is 7.89. The Morgan fingerprint density at radius 3 is 2.91 bits per heavy atom. The second kappa shape index (κ2) is 6.02. The van der Waals surface area contributed by atoms with Crippen LogP contribution in [0.5, 0.6) is 0 Å². The Morgan fingerprint density at radius 2 is 2.22 bits per heavy atom. The molecule has 6 heteroatoms. The van der Waals surface area contributed by atoms with Gasteiger partial charge >= 0.3 is 6.09 Å². The Hall–Kier alpha value is -2.37. The van der Waals surface area contributed by atoms with Gasteiger partial charge in [0.2, 0.25) is 0 Å². The van der Waals surface area contributed by atoms with Crippen LogP contribution in [-0.2, 0) is 4.74 Å². The van der Waals surface area contributed by atoms with Gasteiger partial charge in [-0.1, -0.05) is 0 Å². The summed E-state index contributed by atoms with van der Waals surface area (Å²) in [6.45, 7) is 6.33. The van der Waals surface area contributed by atoms with Gasteiger partial charge in [-0.05, 0) is 45.7 Å². The van der Waals surface area contributed by atoms with Gasteiger partial charge in [0.25, 0.3) is 0 Å². The van der Waals surface area contributed by atoms with E-state index >= 15 is 0 Å².